The number of unbranched alkanes of at least 4 members (excludes halogenated alkanes) is 20. The van der Waals surface area contributed by atoms with Gasteiger partial charge in [-0.2, -0.15) is 0 Å². The van der Waals surface area contributed by atoms with Crippen molar-refractivity contribution in [2.24, 2.45) is 11.8 Å². The quantitative estimate of drug-likeness (QED) is 0.0396. The summed E-state index contributed by atoms with van der Waals surface area (Å²) in [5, 5.41) is 0.959. The maximum atomic E-state index is 6.41. The van der Waals surface area contributed by atoms with E-state index in [1.54, 1.807) is 24.1 Å². The van der Waals surface area contributed by atoms with Crippen molar-refractivity contribution in [1.82, 2.24) is 0 Å². The maximum absolute atomic E-state index is 6.41. The van der Waals surface area contributed by atoms with Gasteiger partial charge in [-0.05, 0) is 24.7 Å². The Hall–Kier alpha value is 0.580. The molecule has 0 aromatic carbocycles. The molecule has 6 unspecified atom stereocenters. The molecule has 0 saturated carbocycles. The van der Waals surface area contributed by atoms with Crippen molar-refractivity contribution in [2.45, 2.75) is 217 Å². The van der Waals surface area contributed by atoms with Crippen LogP contribution < -0.4 is 0 Å². The average Bonchev–Trinajstić information content (AvgIpc) is 3.95. The van der Waals surface area contributed by atoms with Gasteiger partial charge < -0.3 is 9.47 Å². The van der Waals surface area contributed by atoms with Gasteiger partial charge in [-0.1, -0.05) is 182 Å². The van der Waals surface area contributed by atoms with E-state index in [4.69, 9.17) is 13.1 Å². The Labute approximate surface area is 278 Å². The maximum Gasteiger partial charge on any atom is 0.0953 e. The molecule has 6 atom stereocenters. The first-order valence-electron chi connectivity index (χ1n) is 19.5. The van der Waals surface area contributed by atoms with Crippen molar-refractivity contribution in [3.05, 3.63) is 0 Å². The topological polar surface area (TPSA) is 34.3 Å². The molecule has 0 bridgehead atoms. The molecule has 43 heavy (non-hydrogen) atoms. The van der Waals surface area contributed by atoms with Crippen molar-refractivity contribution >= 4 is 24.1 Å². The Bertz CT molecular complexity index is 548. The van der Waals surface area contributed by atoms with E-state index in [0.29, 0.717) is 34.5 Å². The zero-order chi connectivity index (χ0) is 30.8. The minimum atomic E-state index is 0.400. The van der Waals surface area contributed by atoms with E-state index >= 15 is 0 Å². The standard InChI is InChI=1S/C38H74O3S2/c1-5-9-11-13-15-17-19-21-23-25-27-29-33(7-3)37(35-31-39-35)42-41-43-38(36-32-40-36)34(8-4)30-28-26-24-22-20-18-16-14-12-10-6-2/h33-38H,5-32H2,1-4H3. The third-order valence-corrected chi connectivity index (χ3v) is 12.5. The van der Waals surface area contributed by atoms with Crippen LogP contribution in [0.1, 0.15) is 195 Å². The van der Waals surface area contributed by atoms with E-state index in [1.807, 2.05) is 0 Å². The van der Waals surface area contributed by atoms with Gasteiger partial charge in [0.2, 0.25) is 0 Å². The normalized spacial score (nSPS) is 20.7. The highest BCUT2D eigenvalue weighted by molar-refractivity contribution is 8.08. The van der Waals surface area contributed by atoms with Gasteiger partial charge in [-0.25, -0.2) is 3.63 Å². The summed E-state index contributed by atoms with van der Waals surface area (Å²) < 4.78 is 18.1. The molecule has 2 aliphatic heterocycles. The Morgan fingerprint density at radius 2 is 0.744 bits per heavy atom. The highest BCUT2D eigenvalue weighted by atomic mass is 32.2. The molecule has 2 aliphatic rings. The lowest BCUT2D eigenvalue weighted by Crippen LogP contribution is -2.25. The third kappa shape index (κ3) is 20.4. The van der Waals surface area contributed by atoms with Crippen LogP contribution in [0.25, 0.3) is 0 Å². The fourth-order valence-corrected chi connectivity index (χ4v) is 9.28. The molecule has 2 rings (SSSR count). The van der Waals surface area contributed by atoms with Crippen LogP contribution in [0.3, 0.4) is 0 Å². The molecule has 0 radical (unpaired) electrons. The number of hydrogen-bond acceptors (Lipinski definition) is 5. The Kier molecular flexibility index (Phi) is 25.6. The molecule has 2 heterocycles. The smallest absolute Gasteiger partial charge is 0.0953 e. The molecule has 256 valence electrons. The van der Waals surface area contributed by atoms with Crippen molar-refractivity contribution in [1.29, 1.82) is 0 Å². The van der Waals surface area contributed by atoms with Crippen molar-refractivity contribution < 1.29 is 13.1 Å². The fourth-order valence-electron chi connectivity index (χ4n) is 6.83. The fraction of sp³-hybridized carbons (Fsp3) is 1.00. The largest absolute Gasteiger partial charge is 0.372 e. The van der Waals surface area contributed by atoms with Crippen LogP contribution in [0.5, 0.6) is 0 Å². The van der Waals surface area contributed by atoms with E-state index in [9.17, 15) is 0 Å². The predicted octanol–water partition coefficient (Wildman–Crippen LogP) is 13.3. The Morgan fingerprint density at radius 1 is 0.465 bits per heavy atom. The number of hydrogen-bond donors (Lipinski definition) is 0. The molecule has 0 aromatic rings. The van der Waals surface area contributed by atoms with Crippen LogP contribution in [0, 0.1) is 11.8 Å². The van der Waals surface area contributed by atoms with E-state index < -0.39 is 0 Å². The summed E-state index contributed by atoms with van der Waals surface area (Å²) in [6.07, 6.45) is 37.1. The van der Waals surface area contributed by atoms with Crippen molar-refractivity contribution in [3.8, 4) is 0 Å². The van der Waals surface area contributed by atoms with Gasteiger partial charge in [-0.15, -0.1) is 0 Å². The van der Waals surface area contributed by atoms with E-state index in [0.717, 1.165) is 13.2 Å². The van der Waals surface area contributed by atoms with Crippen LogP contribution in [0.2, 0.25) is 0 Å². The van der Waals surface area contributed by atoms with E-state index in [1.165, 1.54) is 167 Å². The number of epoxide rings is 2. The lowest BCUT2D eigenvalue weighted by molar-refractivity contribution is 0.331. The van der Waals surface area contributed by atoms with Gasteiger partial charge in [0, 0.05) is 24.1 Å². The molecule has 0 spiro atoms. The first-order chi connectivity index (χ1) is 21.2. The second-order valence-corrected chi connectivity index (χ2v) is 15.9. The first kappa shape index (κ1) is 39.8. The Balaban J connectivity index is 1.58. The molecule has 2 fully saturated rings. The minimum Gasteiger partial charge on any atom is -0.372 e. The average molecular weight is 643 g/mol. The molecular formula is C38H74O3S2. The summed E-state index contributed by atoms with van der Waals surface area (Å²) in [7, 11) is 0. The summed E-state index contributed by atoms with van der Waals surface area (Å²) in [5.41, 5.74) is 0. The first-order valence-corrected chi connectivity index (χ1v) is 21.1. The van der Waals surface area contributed by atoms with Gasteiger partial charge in [0.05, 0.1) is 35.9 Å². The van der Waals surface area contributed by atoms with E-state index in [-0.39, 0.29) is 0 Å². The Morgan fingerprint density at radius 3 is 1.00 bits per heavy atom. The number of ether oxygens (including phenoxy) is 2. The summed E-state index contributed by atoms with van der Waals surface area (Å²) in [5.74, 6) is 1.40. The molecule has 0 N–H and O–H groups in total. The van der Waals surface area contributed by atoms with Crippen LogP contribution >= 0.6 is 24.1 Å². The summed E-state index contributed by atoms with van der Waals surface area (Å²) in [6.45, 7) is 11.2. The molecular weight excluding hydrogens is 569 g/mol. The minimum absolute atomic E-state index is 0.400. The van der Waals surface area contributed by atoms with Crippen molar-refractivity contribution in [3.63, 3.8) is 0 Å². The zero-order valence-corrected chi connectivity index (χ0v) is 30.9. The summed E-state index contributed by atoms with van der Waals surface area (Å²) in [6, 6.07) is 0. The second kappa shape index (κ2) is 27.7. The highest BCUT2D eigenvalue weighted by Crippen LogP contribution is 2.42. The summed E-state index contributed by atoms with van der Waals surface area (Å²) >= 11 is 3.47. The van der Waals surface area contributed by atoms with Crippen molar-refractivity contribution in [2.75, 3.05) is 13.2 Å². The van der Waals surface area contributed by atoms with Crippen LogP contribution in [0.15, 0.2) is 0 Å². The second-order valence-electron chi connectivity index (χ2n) is 13.9. The zero-order valence-electron chi connectivity index (χ0n) is 29.3. The molecule has 2 saturated heterocycles. The third-order valence-electron chi connectivity index (χ3n) is 10.1. The SMILES string of the molecule is CCCCCCCCCCCCCC(CC)C(SOSC(C(CC)CCCCCCCCCCCCC)C1CO1)C1CO1. The van der Waals surface area contributed by atoms with Gasteiger partial charge in [0.15, 0.2) is 0 Å². The molecule has 0 amide bonds. The van der Waals surface area contributed by atoms with Gasteiger partial charge >= 0.3 is 0 Å². The monoisotopic (exact) mass is 643 g/mol. The van der Waals surface area contributed by atoms with Gasteiger partial charge in [0.25, 0.3) is 0 Å². The molecule has 0 aromatic heterocycles. The molecule has 5 heteroatoms. The van der Waals surface area contributed by atoms with Gasteiger partial charge in [0.1, 0.15) is 0 Å². The van der Waals surface area contributed by atoms with Crippen LogP contribution in [0.4, 0.5) is 0 Å². The number of rotatable bonds is 34. The van der Waals surface area contributed by atoms with E-state index in [2.05, 4.69) is 27.7 Å². The molecule has 3 nitrogen and oxygen atoms in total. The van der Waals surface area contributed by atoms with Crippen LogP contribution in [-0.4, -0.2) is 35.9 Å². The van der Waals surface area contributed by atoms with Crippen LogP contribution in [-0.2, 0) is 13.1 Å². The lowest BCUT2D eigenvalue weighted by Gasteiger charge is -2.26. The van der Waals surface area contributed by atoms with Gasteiger partial charge in [-0.3, -0.25) is 0 Å². The highest BCUT2D eigenvalue weighted by Gasteiger charge is 2.41. The molecule has 0 aliphatic carbocycles. The summed E-state index contributed by atoms with van der Waals surface area (Å²) in [4.78, 5) is 0. The lowest BCUT2D eigenvalue weighted by atomic mass is 9.93. The predicted molar refractivity (Wildman–Crippen MR) is 193 cm³/mol.